The van der Waals surface area contributed by atoms with E-state index in [4.69, 9.17) is 4.74 Å². The van der Waals surface area contributed by atoms with Crippen molar-refractivity contribution >= 4 is 5.78 Å². The fourth-order valence-electron chi connectivity index (χ4n) is 1.17. The SMILES string of the molecule is CC.CC.CC(=O)C#Cc1cccc(OCCN(C)C)c1.CNC. The average molecular weight is 337 g/mol. The van der Waals surface area contributed by atoms with Gasteiger partial charge in [0, 0.05) is 19.0 Å². The topological polar surface area (TPSA) is 41.6 Å². The van der Waals surface area contributed by atoms with Crippen molar-refractivity contribution in [3.63, 3.8) is 0 Å². The summed E-state index contributed by atoms with van der Waals surface area (Å²) in [7, 11) is 7.75. The van der Waals surface area contributed by atoms with Gasteiger partial charge in [0.25, 0.3) is 0 Å². The highest BCUT2D eigenvalue weighted by Gasteiger charge is 1.96. The number of ether oxygens (including phenoxy) is 1. The third-order valence-corrected chi connectivity index (χ3v) is 2.02. The molecular formula is C20H36N2O2. The number of ketones is 1. The number of Topliss-reactive ketones (excluding diaryl/α,β-unsaturated/α-hetero) is 1. The molecule has 1 rings (SSSR count). The molecule has 4 heteroatoms. The second-order valence-electron chi connectivity index (χ2n) is 4.49. The minimum atomic E-state index is -0.135. The Morgan fingerprint density at radius 3 is 2.17 bits per heavy atom. The molecule has 1 aromatic rings. The second-order valence-corrected chi connectivity index (χ2v) is 4.49. The van der Waals surface area contributed by atoms with Crippen molar-refractivity contribution in [1.29, 1.82) is 0 Å². The molecule has 0 aliphatic heterocycles. The fraction of sp³-hybridized carbons (Fsp3) is 0.550. The number of nitrogens with zero attached hydrogens (tertiary/aromatic N) is 1. The van der Waals surface area contributed by atoms with E-state index in [0.717, 1.165) is 17.9 Å². The van der Waals surface area contributed by atoms with Crippen LogP contribution in [0.2, 0.25) is 0 Å². The third-order valence-electron chi connectivity index (χ3n) is 2.02. The van der Waals surface area contributed by atoms with Crippen LogP contribution in [0.4, 0.5) is 0 Å². The van der Waals surface area contributed by atoms with Gasteiger partial charge in [0.1, 0.15) is 12.4 Å². The predicted molar refractivity (Wildman–Crippen MR) is 106 cm³/mol. The average Bonchev–Trinajstić information content (AvgIpc) is 2.57. The molecule has 0 aliphatic rings. The van der Waals surface area contributed by atoms with Crippen LogP contribution < -0.4 is 10.1 Å². The van der Waals surface area contributed by atoms with Gasteiger partial charge < -0.3 is 15.0 Å². The Balaban J connectivity index is -0.000000549. The number of benzene rings is 1. The summed E-state index contributed by atoms with van der Waals surface area (Å²) in [5, 5.41) is 2.75. The van der Waals surface area contributed by atoms with Gasteiger partial charge in [-0.05, 0) is 52.3 Å². The number of rotatable bonds is 4. The summed E-state index contributed by atoms with van der Waals surface area (Å²) in [5.74, 6) is 5.95. The maximum absolute atomic E-state index is 10.7. The summed E-state index contributed by atoms with van der Waals surface area (Å²) >= 11 is 0. The predicted octanol–water partition coefficient (Wildman–Crippen LogP) is 3.46. The maximum Gasteiger partial charge on any atom is 0.202 e. The minimum absolute atomic E-state index is 0.135. The molecule has 0 saturated carbocycles. The van der Waals surface area contributed by atoms with Gasteiger partial charge in [-0.1, -0.05) is 39.7 Å². The molecule has 4 nitrogen and oxygen atoms in total. The minimum Gasteiger partial charge on any atom is -0.492 e. The summed E-state index contributed by atoms with van der Waals surface area (Å²) in [6, 6.07) is 7.45. The zero-order valence-electron chi connectivity index (χ0n) is 17.0. The third kappa shape index (κ3) is 20.2. The largest absolute Gasteiger partial charge is 0.492 e. The molecule has 0 amide bonds. The first-order valence-electron chi connectivity index (χ1n) is 8.48. The molecule has 0 spiro atoms. The van der Waals surface area contributed by atoms with Crippen LogP contribution in [-0.2, 0) is 4.79 Å². The highest BCUT2D eigenvalue weighted by molar-refractivity contribution is 5.93. The standard InChI is InChI=1S/C14H17NO2.C2H7N.2C2H6/c1-12(16)7-8-13-5-4-6-14(11-13)17-10-9-15(2)3;1-3-2;2*1-2/h4-6,11H,9-10H2,1-3H3;3H,1-2H3;2*1-2H3. The highest BCUT2D eigenvalue weighted by atomic mass is 16.5. The lowest BCUT2D eigenvalue weighted by Crippen LogP contribution is -2.19. The Labute approximate surface area is 149 Å². The summed E-state index contributed by atoms with van der Waals surface area (Å²) in [6.07, 6.45) is 0. The van der Waals surface area contributed by atoms with Crippen molar-refractivity contribution in [3.05, 3.63) is 29.8 Å². The highest BCUT2D eigenvalue weighted by Crippen LogP contribution is 2.12. The zero-order valence-corrected chi connectivity index (χ0v) is 17.0. The summed E-state index contributed by atoms with van der Waals surface area (Å²) in [6.45, 7) is 10.9. The monoisotopic (exact) mass is 336 g/mol. The van der Waals surface area contributed by atoms with Gasteiger partial charge in [-0.25, -0.2) is 0 Å². The Kier molecular flexibility index (Phi) is 23.8. The van der Waals surface area contributed by atoms with Crippen LogP contribution >= 0.6 is 0 Å². The van der Waals surface area contributed by atoms with E-state index < -0.39 is 0 Å². The maximum atomic E-state index is 10.7. The van der Waals surface area contributed by atoms with Crippen LogP contribution in [0.25, 0.3) is 0 Å². The van der Waals surface area contributed by atoms with Crippen molar-refractivity contribution in [1.82, 2.24) is 10.2 Å². The molecule has 1 aromatic carbocycles. The number of carbonyl (C=O) groups is 1. The first-order valence-corrected chi connectivity index (χ1v) is 8.48. The number of carbonyl (C=O) groups excluding carboxylic acids is 1. The van der Waals surface area contributed by atoms with Gasteiger partial charge in [-0.2, -0.15) is 0 Å². The molecule has 1 N–H and O–H groups in total. The first kappa shape index (κ1) is 27.0. The smallest absolute Gasteiger partial charge is 0.202 e. The summed E-state index contributed by atoms with van der Waals surface area (Å²) < 4.78 is 5.57. The second kappa shape index (κ2) is 21.2. The van der Waals surface area contributed by atoms with Gasteiger partial charge in [-0.15, -0.1) is 0 Å². The van der Waals surface area contributed by atoms with Gasteiger partial charge in [-0.3, -0.25) is 4.79 Å². The lowest BCUT2D eigenvalue weighted by molar-refractivity contribution is -0.111. The molecule has 138 valence electrons. The first-order chi connectivity index (χ1) is 11.5. The van der Waals surface area contributed by atoms with Crippen molar-refractivity contribution in [2.24, 2.45) is 0 Å². The number of hydrogen-bond donors (Lipinski definition) is 1. The van der Waals surface area contributed by atoms with Crippen LogP contribution in [0.15, 0.2) is 24.3 Å². The van der Waals surface area contributed by atoms with E-state index in [9.17, 15) is 4.79 Å². The number of hydrogen-bond acceptors (Lipinski definition) is 4. The molecule has 0 heterocycles. The van der Waals surface area contributed by atoms with E-state index in [2.05, 4.69) is 22.1 Å². The molecule has 24 heavy (non-hydrogen) atoms. The van der Waals surface area contributed by atoms with Crippen molar-refractivity contribution < 1.29 is 9.53 Å². The van der Waals surface area contributed by atoms with E-state index in [1.54, 1.807) is 0 Å². The van der Waals surface area contributed by atoms with Gasteiger partial charge >= 0.3 is 0 Å². The molecule has 0 unspecified atom stereocenters. The van der Waals surface area contributed by atoms with Crippen molar-refractivity contribution in [2.45, 2.75) is 34.6 Å². The van der Waals surface area contributed by atoms with Gasteiger partial charge in [0.2, 0.25) is 5.78 Å². The van der Waals surface area contributed by atoms with E-state index in [1.165, 1.54) is 6.92 Å². The van der Waals surface area contributed by atoms with Crippen LogP contribution in [0.3, 0.4) is 0 Å². The van der Waals surface area contributed by atoms with Crippen LogP contribution in [0, 0.1) is 11.8 Å². The van der Waals surface area contributed by atoms with Gasteiger partial charge in [0.05, 0.1) is 0 Å². The Bertz CT molecular complexity index is 460. The van der Waals surface area contributed by atoms with Crippen LogP contribution in [0.1, 0.15) is 40.2 Å². The lowest BCUT2D eigenvalue weighted by Gasteiger charge is -2.10. The fourth-order valence-corrected chi connectivity index (χ4v) is 1.17. The Morgan fingerprint density at radius 2 is 1.71 bits per heavy atom. The molecule has 0 atom stereocenters. The van der Waals surface area contributed by atoms with E-state index in [0.29, 0.717) is 6.61 Å². The lowest BCUT2D eigenvalue weighted by atomic mass is 10.2. The van der Waals surface area contributed by atoms with E-state index in [-0.39, 0.29) is 5.78 Å². The normalized spacial score (nSPS) is 8.08. The molecule has 0 bridgehead atoms. The van der Waals surface area contributed by atoms with Crippen molar-refractivity contribution in [3.8, 4) is 17.6 Å². The van der Waals surface area contributed by atoms with E-state index >= 15 is 0 Å². The molecule has 0 aliphatic carbocycles. The van der Waals surface area contributed by atoms with Crippen molar-refractivity contribution in [2.75, 3.05) is 41.3 Å². The Hall–Kier alpha value is -1.83. The van der Waals surface area contributed by atoms with Gasteiger partial charge in [0.15, 0.2) is 0 Å². The summed E-state index contributed by atoms with van der Waals surface area (Å²) in [5.41, 5.74) is 0.794. The van der Waals surface area contributed by atoms with Crippen LogP contribution in [-0.4, -0.2) is 52.0 Å². The molecule has 0 radical (unpaired) electrons. The van der Waals surface area contributed by atoms with E-state index in [1.807, 2.05) is 80.2 Å². The number of nitrogens with one attached hydrogen (secondary N) is 1. The number of likely N-dealkylation sites (N-methyl/N-ethyl adjacent to an activating group) is 1. The Morgan fingerprint density at radius 1 is 1.17 bits per heavy atom. The summed E-state index contributed by atoms with van der Waals surface area (Å²) in [4.78, 5) is 12.8. The molecular weight excluding hydrogens is 300 g/mol. The van der Waals surface area contributed by atoms with Crippen LogP contribution in [0.5, 0.6) is 5.75 Å². The molecule has 0 aromatic heterocycles. The molecule has 0 fully saturated rings. The zero-order chi connectivity index (χ0) is 19.4. The quantitative estimate of drug-likeness (QED) is 0.855. The molecule has 0 saturated heterocycles.